The molecule has 4 bridgehead atoms. The lowest BCUT2D eigenvalue weighted by molar-refractivity contribution is -0.143. The molecule has 0 spiro atoms. The van der Waals surface area contributed by atoms with Gasteiger partial charge in [-0.2, -0.15) is 5.10 Å². The summed E-state index contributed by atoms with van der Waals surface area (Å²) in [4.78, 5) is 24.6. The van der Waals surface area contributed by atoms with Crippen LogP contribution >= 0.6 is 0 Å². The normalized spacial score (nSPS) is 25.2. The maximum absolute atomic E-state index is 14.4. The third-order valence-corrected chi connectivity index (χ3v) is 8.94. The highest BCUT2D eigenvalue weighted by atomic mass is 19.1. The van der Waals surface area contributed by atoms with Crippen LogP contribution in [-0.4, -0.2) is 37.9 Å². The molecular formula is C29H30FN7O2. The van der Waals surface area contributed by atoms with E-state index in [0.29, 0.717) is 51.9 Å². The number of benzene rings is 1. The van der Waals surface area contributed by atoms with E-state index in [0.717, 1.165) is 19.3 Å². The Bertz CT molecular complexity index is 1510. The number of anilines is 2. The number of aromatic nitrogens is 5. The molecule has 1 aromatic carbocycles. The Morgan fingerprint density at radius 3 is 2.49 bits per heavy atom. The highest BCUT2D eigenvalue weighted by molar-refractivity contribution is 5.99. The monoisotopic (exact) mass is 527 g/mol. The van der Waals surface area contributed by atoms with Crippen LogP contribution in [0.5, 0.6) is 0 Å². The minimum atomic E-state index is -0.322. The number of nitrogens with two attached hydrogens (primary N) is 1. The van der Waals surface area contributed by atoms with Crippen LogP contribution in [-0.2, 0) is 11.3 Å². The number of hydrogen-bond donors (Lipinski definition) is 1. The molecule has 10 heteroatoms. The summed E-state index contributed by atoms with van der Waals surface area (Å²) in [5.41, 5.74) is 8.75. The van der Waals surface area contributed by atoms with Crippen molar-refractivity contribution in [3.05, 3.63) is 60.2 Å². The second-order valence-corrected chi connectivity index (χ2v) is 11.6. The Balaban J connectivity index is 1.18. The van der Waals surface area contributed by atoms with Crippen LogP contribution in [0.3, 0.4) is 0 Å². The van der Waals surface area contributed by atoms with E-state index in [1.165, 1.54) is 31.6 Å². The average Bonchev–Trinajstić information content (AvgIpc) is 3.59. The second kappa shape index (κ2) is 9.00. The third-order valence-electron chi connectivity index (χ3n) is 8.94. The van der Waals surface area contributed by atoms with Crippen molar-refractivity contribution in [2.75, 3.05) is 17.7 Å². The number of carbonyl (C=O) groups excluding carboxylic acids is 1. The molecule has 4 aliphatic carbocycles. The molecule has 0 aliphatic heterocycles. The number of rotatable bonds is 6. The standard InChI is InChI=1S/C29H30FN7O2/c1-36(28(38)29-12-17-8-18(13-29)10-19(9-17)14-29)25-15-32-27(33-26(25)31)23-11-24(22-6-7-39-35-22)37(34-23)16-20-4-2-3-5-21(20)30/h2-7,11,15,17-19H,8-10,12-14,16H2,1H3,(H2,31,32,33). The summed E-state index contributed by atoms with van der Waals surface area (Å²) in [6, 6.07) is 10.0. The molecule has 200 valence electrons. The quantitative estimate of drug-likeness (QED) is 0.377. The van der Waals surface area contributed by atoms with Gasteiger partial charge >= 0.3 is 0 Å². The van der Waals surface area contributed by atoms with Crippen molar-refractivity contribution in [1.29, 1.82) is 0 Å². The largest absolute Gasteiger partial charge is 0.382 e. The zero-order valence-electron chi connectivity index (χ0n) is 21.8. The maximum Gasteiger partial charge on any atom is 0.233 e. The van der Waals surface area contributed by atoms with E-state index in [4.69, 9.17) is 10.3 Å². The van der Waals surface area contributed by atoms with Crippen molar-refractivity contribution in [1.82, 2.24) is 24.9 Å². The molecule has 1 amide bonds. The summed E-state index contributed by atoms with van der Waals surface area (Å²) in [6.45, 7) is 0.185. The SMILES string of the molecule is CN(C(=O)C12CC3CC(CC(C3)C1)C2)c1cnc(-c2cc(-c3ccon3)n(Cc3ccccc3F)n2)nc1N. The van der Waals surface area contributed by atoms with E-state index < -0.39 is 0 Å². The maximum atomic E-state index is 14.4. The number of nitrogen functional groups attached to an aromatic ring is 1. The van der Waals surface area contributed by atoms with Crippen LogP contribution in [0.25, 0.3) is 22.9 Å². The van der Waals surface area contributed by atoms with Crippen molar-refractivity contribution >= 4 is 17.4 Å². The van der Waals surface area contributed by atoms with Gasteiger partial charge in [0.25, 0.3) is 0 Å². The number of halogens is 1. The first-order valence-electron chi connectivity index (χ1n) is 13.5. The lowest BCUT2D eigenvalue weighted by Crippen LogP contribution is -2.54. The van der Waals surface area contributed by atoms with Crippen LogP contribution in [0.15, 0.2) is 53.4 Å². The van der Waals surface area contributed by atoms with E-state index in [2.05, 4.69) is 20.2 Å². The van der Waals surface area contributed by atoms with Crippen LogP contribution < -0.4 is 10.6 Å². The predicted molar refractivity (Wildman–Crippen MR) is 143 cm³/mol. The van der Waals surface area contributed by atoms with E-state index in [9.17, 15) is 9.18 Å². The fourth-order valence-electron chi connectivity index (χ4n) is 7.59. The molecule has 8 rings (SSSR count). The summed E-state index contributed by atoms with van der Waals surface area (Å²) < 4.78 is 21.1. The first-order valence-corrected chi connectivity index (χ1v) is 13.5. The van der Waals surface area contributed by atoms with Crippen molar-refractivity contribution < 1.29 is 13.7 Å². The van der Waals surface area contributed by atoms with Gasteiger partial charge in [-0.05, 0) is 68.4 Å². The third kappa shape index (κ3) is 4.09. The van der Waals surface area contributed by atoms with Crippen LogP contribution in [0.4, 0.5) is 15.9 Å². The van der Waals surface area contributed by atoms with Gasteiger partial charge in [-0.15, -0.1) is 0 Å². The summed E-state index contributed by atoms with van der Waals surface area (Å²) in [5.74, 6) is 2.34. The molecule has 4 aliphatic rings. The van der Waals surface area contributed by atoms with Crippen molar-refractivity contribution in [3.8, 4) is 22.9 Å². The topological polar surface area (TPSA) is 116 Å². The molecule has 3 heterocycles. The van der Waals surface area contributed by atoms with Crippen molar-refractivity contribution in [3.63, 3.8) is 0 Å². The Labute approximate surface area is 225 Å². The van der Waals surface area contributed by atoms with Gasteiger partial charge in [0.1, 0.15) is 29.2 Å². The van der Waals surface area contributed by atoms with Gasteiger partial charge in [-0.1, -0.05) is 23.4 Å². The van der Waals surface area contributed by atoms with Gasteiger partial charge in [-0.25, -0.2) is 14.4 Å². The number of carbonyl (C=O) groups is 1. The molecule has 0 atom stereocenters. The molecule has 4 fully saturated rings. The Morgan fingerprint density at radius 2 is 1.85 bits per heavy atom. The van der Waals surface area contributed by atoms with E-state index >= 15 is 0 Å². The molecule has 9 nitrogen and oxygen atoms in total. The van der Waals surface area contributed by atoms with Crippen LogP contribution in [0.2, 0.25) is 0 Å². The minimum absolute atomic E-state index is 0.132. The molecule has 4 saturated carbocycles. The van der Waals surface area contributed by atoms with Gasteiger partial charge in [-0.3, -0.25) is 9.48 Å². The highest BCUT2D eigenvalue weighted by Crippen LogP contribution is 2.60. The predicted octanol–water partition coefficient (Wildman–Crippen LogP) is 4.94. The lowest BCUT2D eigenvalue weighted by atomic mass is 9.49. The van der Waals surface area contributed by atoms with Crippen molar-refractivity contribution in [2.24, 2.45) is 23.2 Å². The molecular weight excluding hydrogens is 497 g/mol. The number of nitrogens with zero attached hydrogens (tertiary/aromatic N) is 6. The molecule has 2 N–H and O–H groups in total. The van der Waals surface area contributed by atoms with Gasteiger partial charge in [0.2, 0.25) is 5.91 Å². The van der Waals surface area contributed by atoms with Gasteiger partial charge in [0.05, 0.1) is 23.9 Å². The summed E-state index contributed by atoms with van der Waals surface area (Å²) >= 11 is 0. The molecule has 39 heavy (non-hydrogen) atoms. The fraction of sp³-hybridized carbons (Fsp3) is 0.414. The average molecular weight is 528 g/mol. The lowest BCUT2D eigenvalue weighted by Gasteiger charge is -2.56. The molecule has 3 aromatic heterocycles. The van der Waals surface area contributed by atoms with Crippen LogP contribution in [0, 0.1) is 29.0 Å². The Hall–Kier alpha value is -4.08. The molecule has 4 aromatic rings. The van der Waals surface area contributed by atoms with E-state index in [1.807, 2.05) is 0 Å². The number of hydrogen-bond acceptors (Lipinski definition) is 7. The van der Waals surface area contributed by atoms with E-state index in [1.54, 1.807) is 53.2 Å². The fourth-order valence-corrected chi connectivity index (χ4v) is 7.59. The van der Waals surface area contributed by atoms with Gasteiger partial charge in [0, 0.05) is 18.7 Å². The van der Waals surface area contributed by atoms with E-state index in [-0.39, 0.29) is 29.5 Å². The Morgan fingerprint density at radius 1 is 1.13 bits per heavy atom. The molecule has 0 radical (unpaired) electrons. The minimum Gasteiger partial charge on any atom is -0.382 e. The molecule has 0 unspecified atom stereocenters. The summed E-state index contributed by atoms with van der Waals surface area (Å²) in [6.07, 6.45) is 9.82. The smallest absolute Gasteiger partial charge is 0.233 e. The molecule has 0 saturated heterocycles. The van der Waals surface area contributed by atoms with Crippen LogP contribution in [0.1, 0.15) is 44.1 Å². The number of amides is 1. The van der Waals surface area contributed by atoms with Gasteiger partial charge in [0.15, 0.2) is 11.6 Å². The first kappa shape index (κ1) is 24.0. The highest BCUT2D eigenvalue weighted by Gasteiger charge is 2.55. The zero-order chi connectivity index (χ0) is 26.7. The summed E-state index contributed by atoms with van der Waals surface area (Å²) in [5, 5.41) is 8.69. The second-order valence-electron chi connectivity index (χ2n) is 11.6. The zero-order valence-corrected chi connectivity index (χ0v) is 21.8. The first-order chi connectivity index (χ1) is 18.9. The summed E-state index contributed by atoms with van der Waals surface area (Å²) in [7, 11) is 1.78. The van der Waals surface area contributed by atoms with Crippen molar-refractivity contribution in [2.45, 2.75) is 45.1 Å². The van der Waals surface area contributed by atoms with Gasteiger partial charge < -0.3 is 15.2 Å². The Kier molecular flexibility index (Phi) is 5.54.